The summed E-state index contributed by atoms with van der Waals surface area (Å²) >= 11 is 1.52. The van der Waals surface area contributed by atoms with Crippen molar-refractivity contribution < 1.29 is 9.13 Å². The number of ether oxygens (including phenoxy) is 1. The third-order valence-corrected chi connectivity index (χ3v) is 4.60. The van der Waals surface area contributed by atoms with E-state index < -0.39 is 0 Å². The molecule has 4 rings (SSSR count). The molecule has 0 spiro atoms. The summed E-state index contributed by atoms with van der Waals surface area (Å²) in [6.07, 6.45) is 0. The molecule has 2 aromatic carbocycles. The van der Waals surface area contributed by atoms with Crippen LogP contribution in [0.15, 0.2) is 47.6 Å². The zero-order valence-corrected chi connectivity index (χ0v) is 13.1. The molecule has 23 heavy (non-hydrogen) atoms. The molecular weight excluding hydrogens is 315 g/mol. The van der Waals surface area contributed by atoms with Gasteiger partial charge in [0, 0.05) is 5.75 Å². The molecule has 5 nitrogen and oxygen atoms in total. The molecule has 0 bridgehead atoms. The lowest BCUT2D eigenvalue weighted by molar-refractivity contribution is 0.386. The second kappa shape index (κ2) is 5.58. The van der Waals surface area contributed by atoms with E-state index in [0.717, 1.165) is 21.8 Å². The largest absolute Gasteiger partial charge is 0.494 e. The fourth-order valence-corrected chi connectivity index (χ4v) is 3.39. The predicted molar refractivity (Wildman–Crippen MR) is 87.4 cm³/mol. The van der Waals surface area contributed by atoms with Crippen molar-refractivity contribution in [3.05, 3.63) is 53.8 Å². The average Bonchev–Trinajstić information content (AvgIpc) is 3.12. The maximum absolute atomic E-state index is 13.8. The fourth-order valence-electron chi connectivity index (χ4n) is 2.49. The van der Waals surface area contributed by atoms with Crippen molar-refractivity contribution in [1.29, 1.82) is 0 Å². The van der Waals surface area contributed by atoms with Crippen LogP contribution in [0.3, 0.4) is 0 Å². The maximum Gasteiger partial charge on any atom is 0.231 e. The molecule has 0 aliphatic rings. The number of aromatic amines is 1. The van der Waals surface area contributed by atoms with Crippen molar-refractivity contribution in [3.8, 4) is 5.75 Å². The molecule has 0 saturated heterocycles. The quantitative estimate of drug-likeness (QED) is 0.581. The lowest BCUT2D eigenvalue weighted by Gasteiger charge is -2.04. The van der Waals surface area contributed by atoms with Gasteiger partial charge in [-0.25, -0.2) is 14.5 Å². The summed E-state index contributed by atoms with van der Waals surface area (Å²) in [4.78, 5) is 4.48. The highest BCUT2D eigenvalue weighted by molar-refractivity contribution is 7.98. The highest BCUT2D eigenvalue weighted by Gasteiger charge is 2.12. The number of thioether (sulfide) groups is 1. The Hall–Kier alpha value is -2.54. The first-order chi connectivity index (χ1) is 11.3. The van der Waals surface area contributed by atoms with Crippen LogP contribution in [-0.2, 0) is 5.75 Å². The van der Waals surface area contributed by atoms with Gasteiger partial charge >= 0.3 is 0 Å². The van der Waals surface area contributed by atoms with Gasteiger partial charge in [-0.05, 0) is 29.8 Å². The highest BCUT2D eigenvalue weighted by atomic mass is 32.2. The number of aromatic nitrogens is 4. The number of imidazole rings is 1. The van der Waals surface area contributed by atoms with Gasteiger partial charge in [-0.3, -0.25) is 4.40 Å². The molecule has 2 aromatic heterocycles. The summed E-state index contributed by atoms with van der Waals surface area (Å²) in [6, 6.07) is 12.9. The number of hydrogen-bond donors (Lipinski definition) is 1. The van der Waals surface area contributed by atoms with E-state index in [1.807, 2.05) is 34.7 Å². The van der Waals surface area contributed by atoms with Gasteiger partial charge in [0.15, 0.2) is 16.7 Å². The Labute approximate surface area is 135 Å². The Morgan fingerprint density at radius 1 is 1.26 bits per heavy atom. The molecule has 116 valence electrons. The maximum atomic E-state index is 13.8. The van der Waals surface area contributed by atoms with E-state index in [0.29, 0.717) is 11.5 Å². The first-order valence-corrected chi connectivity index (χ1v) is 8.01. The average molecular weight is 328 g/mol. The zero-order chi connectivity index (χ0) is 15.8. The monoisotopic (exact) mass is 328 g/mol. The van der Waals surface area contributed by atoms with E-state index in [-0.39, 0.29) is 11.6 Å². The molecule has 0 unspecified atom stereocenters. The molecule has 0 aliphatic carbocycles. The van der Waals surface area contributed by atoms with Gasteiger partial charge in [-0.2, -0.15) is 0 Å². The van der Waals surface area contributed by atoms with Crippen LogP contribution in [0.2, 0.25) is 0 Å². The van der Waals surface area contributed by atoms with Crippen molar-refractivity contribution in [2.24, 2.45) is 0 Å². The van der Waals surface area contributed by atoms with Gasteiger partial charge in [0.05, 0.1) is 18.1 Å². The first-order valence-electron chi connectivity index (χ1n) is 7.03. The number of nitrogens with zero attached hydrogens (tertiary/aromatic N) is 3. The molecule has 0 saturated carbocycles. The van der Waals surface area contributed by atoms with Crippen LogP contribution in [-0.4, -0.2) is 26.7 Å². The topological polar surface area (TPSA) is 55.2 Å². The highest BCUT2D eigenvalue weighted by Crippen LogP contribution is 2.27. The van der Waals surface area contributed by atoms with E-state index in [1.54, 1.807) is 6.07 Å². The molecule has 0 amide bonds. The van der Waals surface area contributed by atoms with E-state index in [4.69, 9.17) is 4.74 Å². The summed E-state index contributed by atoms with van der Waals surface area (Å²) in [7, 11) is 1.46. The molecule has 0 aliphatic heterocycles. The third-order valence-electron chi connectivity index (χ3n) is 3.59. The number of benzene rings is 2. The van der Waals surface area contributed by atoms with Crippen molar-refractivity contribution in [1.82, 2.24) is 19.6 Å². The second-order valence-electron chi connectivity index (χ2n) is 5.02. The smallest absolute Gasteiger partial charge is 0.231 e. The van der Waals surface area contributed by atoms with E-state index in [2.05, 4.69) is 15.2 Å². The van der Waals surface area contributed by atoms with Crippen LogP contribution in [0, 0.1) is 5.82 Å². The Bertz CT molecular complexity index is 994. The lowest BCUT2D eigenvalue weighted by atomic mass is 10.2. The SMILES string of the molecule is COc1ccc(CSc2n[nH]c3nc4ccccc4n23)cc1F. The number of hydrogen-bond acceptors (Lipinski definition) is 4. The Balaban J connectivity index is 1.64. The standard InChI is InChI=1S/C16H13FN4OS/c1-22-14-7-6-10(8-11(14)17)9-23-16-20-19-15-18-12-4-2-3-5-13(12)21(15)16/h2-8H,9H2,1H3,(H,18,19). The summed E-state index contributed by atoms with van der Waals surface area (Å²) in [5.41, 5.74) is 2.78. The number of fused-ring (bicyclic) bond motifs is 3. The van der Waals surface area contributed by atoms with Crippen molar-refractivity contribution in [2.45, 2.75) is 10.9 Å². The minimum Gasteiger partial charge on any atom is -0.494 e. The van der Waals surface area contributed by atoms with Crippen LogP contribution in [0.25, 0.3) is 16.8 Å². The minimum absolute atomic E-state index is 0.251. The normalized spacial score (nSPS) is 11.4. The number of halogens is 1. The zero-order valence-electron chi connectivity index (χ0n) is 12.3. The van der Waals surface area contributed by atoms with Crippen LogP contribution in [0.4, 0.5) is 4.39 Å². The number of rotatable bonds is 4. The molecule has 0 radical (unpaired) electrons. The molecule has 1 N–H and O–H groups in total. The number of methoxy groups -OCH3 is 1. The molecule has 0 atom stereocenters. The van der Waals surface area contributed by atoms with Crippen LogP contribution in [0.1, 0.15) is 5.56 Å². The van der Waals surface area contributed by atoms with Gasteiger partial charge in [0.1, 0.15) is 0 Å². The van der Waals surface area contributed by atoms with Gasteiger partial charge in [0.2, 0.25) is 5.78 Å². The molecule has 2 heterocycles. The molecular formula is C16H13FN4OS. The van der Waals surface area contributed by atoms with E-state index >= 15 is 0 Å². The number of nitrogens with one attached hydrogen (secondary N) is 1. The lowest BCUT2D eigenvalue weighted by Crippen LogP contribution is -1.91. The van der Waals surface area contributed by atoms with Crippen molar-refractivity contribution in [3.63, 3.8) is 0 Å². The summed E-state index contributed by atoms with van der Waals surface area (Å²) < 4.78 is 20.7. The van der Waals surface area contributed by atoms with Gasteiger partial charge in [-0.1, -0.05) is 30.0 Å². The van der Waals surface area contributed by atoms with E-state index in [9.17, 15) is 4.39 Å². The van der Waals surface area contributed by atoms with Crippen molar-refractivity contribution in [2.75, 3.05) is 7.11 Å². The first kappa shape index (κ1) is 14.1. The van der Waals surface area contributed by atoms with Crippen LogP contribution >= 0.6 is 11.8 Å². The Kier molecular flexibility index (Phi) is 3.42. The van der Waals surface area contributed by atoms with Crippen LogP contribution < -0.4 is 4.74 Å². The third kappa shape index (κ3) is 2.43. The van der Waals surface area contributed by atoms with Crippen molar-refractivity contribution >= 4 is 28.6 Å². The van der Waals surface area contributed by atoms with Gasteiger partial charge in [-0.15, -0.1) is 5.10 Å². The van der Waals surface area contributed by atoms with Gasteiger partial charge in [0.25, 0.3) is 0 Å². The summed E-state index contributed by atoms with van der Waals surface area (Å²) in [5.74, 6) is 1.20. The molecule has 7 heteroatoms. The molecule has 4 aromatic rings. The van der Waals surface area contributed by atoms with E-state index in [1.165, 1.54) is 24.9 Å². The predicted octanol–water partition coefficient (Wildman–Crippen LogP) is 3.65. The number of para-hydroxylation sites is 2. The number of H-pyrrole nitrogens is 1. The van der Waals surface area contributed by atoms with Gasteiger partial charge < -0.3 is 4.74 Å². The Morgan fingerprint density at radius 3 is 2.96 bits per heavy atom. The minimum atomic E-state index is -0.356. The van der Waals surface area contributed by atoms with Crippen LogP contribution in [0.5, 0.6) is 5.75 Å². The summed E-state index contributed by atoms with van der Waals surface area (Å²) in [6.45, 7) is 0. The Morgan fingerprint density at radius 2 is 2.13 bits per heavy atom. The summed E-state index contributed by atoms with van der Waals surface area (Å²) in [5, 5.41) is 8.02. The molecule has 0 fully saturated rings. The second-order valence-corrected chi connectivity index (χ2v) is 5.97. The fraction of sp³-hybridized carbons (Fsp3) is 0.125.